The van der Waals surface area contributed by atoms with Crippen LogP contribution < -0.4 is 15.5 Å². The molecule has 0 saturated heterocycles. The molecule has 0 aromatic heterocycles. The maximum Gasteiger partial charge on any atom is 0.259 e. The number of carbonyl (C=O) groups is 2. The third kappa shape index (κ3) is 5.93. The van der Waals surface area contributed by atoms with Crippen molar-refractivity contribution in [3.05, 3.63) is 64.7 Å². The first-order valence-electron chi connectivity index (χ1n) is 7.67. The molecule has 0 heterocycles. The van der Waals surface area contributed by atoms with Gasteiger partial charge in [-0.3, -0.25) is 9.59 Å². The summed E-state index contributed by atoms with van der Waals surface area (Å²) in [7, 11) is 0. The van der Waals surface area contributed by atoms with Crippen LogP contribution in [0.2, 0.25) is 5.02 Å². The van der Waals surface area contributed by atoms with Crippen LogP contribution in [0.15, 0.2) is 53.6 Å². The summed E-state index contributed by atoms with van der Waals surface area (Å²) in [4.78, 5) is 23.7. The average Bonchev–Trinajstić information content (AvgIpc) is 2.61. The number of carbonyl (C=O) groups excluding carboxylic acids is 2. The van der Waals surface area contributed by atoms with E-state index in [2.05, 4.69) is 15.8 Å². The second-order valence-electron chi connectivity index (χ2n) is 4.96. The van der Waals surface area contributed by atoms with E-state index in [1.54, 1.807) is 18.2 Å². The largest absolute Gasteiger partial charge is 0.493 e. The van der Waals surface area contributed by atoms with Gasteiger partial charge in [0.1, 0.15) is 5.75 Å². The van der Waals surface area contributed by atoms with Gasteiger partial charge in [0.15, 0.2) is 0 Å². The number of halogens is 1. The maximum absolute atomic E-state index is 11.9. The number of hydrogen-bond acceptors (Lipinski definition) is 4. The molecule has 0 unspecified atom stereocenters. The molecule has 0 aliphatic rings. The van der Waals surface area contributed by atoms with Gasteiger partial charge < -0.3 is 10.1 Å². The number of hydrazone groups is 1. The SMILES string of the molecule is CCOc1ccccc1/C=N/NC(=O)CNC(=O)c1cccc(Cl)c1. The van der Waals surface area contributed by atoms with Gasteiger partial charge >= 0.3 is 0 Å². The third-order valence-electron chi connectivity index (χ3n) is 3.11. The molecule has 7 heteroatoms. The molecule has 25 heavy (non-hydrogen) atoms. The van der Waals surface area contributed by atoms with Crippen molar-refractivity contribution in [3.8, 4) is 5.75 Å². The number of rotatable bonds is 7. The predicted octanol–water partition coefficient (Wildman–Crippen LogP) is 2.62. The van der Waals surface area contributed by atoms with Crippen LogP contribution >= 0.6 is 11.6 Å². The molecule has 2 amide bonds. The van der Waals surface area contributed by atoms with Gasteiger partial charge in [-0.1, -0.05) is 29.8 Å². The van der Waals surface area contributed by atoms with E-state index in [0.29, 0.717) is 22.9 Å². The van der Waals surface area contributed by atoms with Crippen molar-refractivity contribution in [2.75, 3.05) is 13.2 Å². The monoisotopic (exact) mass is 359 g/mol. The molecule has 130 valence electrons. The number of nitrogens with zero attached hydrogens (tertiary/aromatic N) is 1. The Labute approximate surface area is 150 Å². The number of ether oxygens (including phenoxy) is 1. The highest BCUT2D eigenvalue weighted by atomic mass is 35.5. The number of nitrogens with one attached hydrogen (secondary N) is 2. The lowest BCUT2D eigenvalue weighted by molar-refractivity contribution is -0.120. The van der Waals surface area contributed by atoms with Gasteiger partial charge in [-0.15, -0.1) is 0 Å². The maximum atomic E-state index is 11.9. The van der Waals surface area contributed by atoms with E-state index in [0.717, 1.165) is 5.56 Å². The van der Waals surface area contributed by atoms with Gasteiger partial charge in [-0.25, -0.2) is 5.43 Å². The minimum absolute atomic E-state index is 0.199. The van der Waals surface area contributed by atoms with Crippen molar-refractivity contribution in [3.63, 3.8) is 0 Å². The van der Waals surface area contributed by atoms with Crippen molar-refractivity contribution in [1.29, 1.82) is 0 Å². The second-order valence-corrected chi connectivity index (χ2v) is 5.39. The van der Waals surface area contributed by atoms with Crippen LogP contribution in [-0.4, -0.2) is 31.2 Å². The molecule has 0 saturated carbocycles. The molecule has 0 spiro atoms. The molecule has 0 atom stereocenters. The molecule has 0 fully saturated rings. The van der Waals surface area contributed by atoms with Gasteiger partial charge in [0, 0.05) is 16.1 Å². The lowest BCUT2D eigenvalue weighted by Crippen LogP contribution is -2.34. The highest BCUT2D eigenvalue weighted by Crippen LogP contribution is 2.15. The van der Waals surface area contributed by atoms with E-state index in [9.17, 15) is 9.59 Å². The van der Waals surface area contributed by atoms with Crippen LogP contribution in [0.1, 0.15) is 22.8 Å². The minimum atomic E-state index is -0.444. The van der Waals surface area contributed by atoms with Crippen molar-refractivity contribution in [1.82, 2.24) is 10.7 Å². The van der Waals surface area contributed by atoms with E-state index in [1.807, 2.05) is 31.2 Å². The Hall–Kier alpha value is -2.86. The zero-order valence-electron chi connectivity index (χ0n) is 13.7. The molecule has 0 aliphatic carbocycles. The summed E-state index contributed by atoms with van der Waals surface area (Å²) in [5.74, 6) is -0.152. The number of amides is 2. The zero-order valence-corrected chi connectivity index (χ0v) is 14.4. The Kier molecular flexibility index (Phi) is 6.98. The van der Waals surface area contributed by atoms with Crippen molar-refractivity contribution < 1.29 is 14.3 Å². The standard InChI is InChI=1S/C18H18ClN3O3/c1-2-25-16-9-4-3-6-14(16)11-21-22-17(23)12-20-18(24)13-7-5-8-15(19)10-13/h3-11H,2,12H2,1H3,(H,20,24)(H,22,23)/b21-11+. The van der Waals surface area contributed by atoms with E-state index >= 15 is 0 Å². The summed E-state index contributed by atoms with van der Waals surface area (Å²) in [5, 5.41) is 6.82. The first-order valence-corrected chi connectivity index (χ1v) is 8.05. The molecule has 0 radical (unpaired) electrons. The molecule has 2 aromatic carbocycles. The molecule has 2 N–H and O–H groups in total. The number of hydrogen-bond donors (Lipinski definition) is 2. The quantitative estimate of drug-likeness (QED) is 0.589. The summed E-state index contributed by atoms with van der Waals surface area (Å²) in [5.41, 5.74) is 3.48. The third-order valence-corrected chi connectivity index (χ3v) is 3.34. The van der Waals surface area contributed by atoms with E-state index in [-0.39, 0.29) is 12.5 Å². The summed E-state index contributed by atoms with van der Waals surface area (Å²) < 4.78 is 5.46. The summed E-state index contributed by atoms with van der Waals surface area (Å²) in [6.45, 7) is 2.22. The van der Waals surface area contributed by atoms with Crippen LogP contribution in [0.25, 0.3) is 0 Å². The Morgan fingerprint density at radius 1 is 1.20 bits per heavy atom. The second kappa shape index (κ2) is 9.44. The Morgan fingerprint density at radius 2 is 2.00 bits per heavy atom. The van der Waals surface area contributed by atoms with E-state index in [1.165, 1.54) is 12.3 Å². The molecular formula is C18H18ClN3O3. The minimum Gasteiger partial charge on any atom is -0.493 e. The van der Waals surface area contributed by atoms with Gasteiger partial charge in [-0.05, 0) is 37.3 Å². The Morgan fingerprint density at radius 3 is 2.76 bits per heavy atom. The fourth-order valence-corrected chi connectivity index (χ4v) is 2.17. The predicted molar refractivity (Wildman–Crippen MR) is 97.1 cm³/mol. The molecule has 2 aromatic rings. The van der Waals surface area contributed by atoms with Crippen LogP contribution in [0.4, 0.5) is 0 Å². The van der Waals surface area contributed by atoms with Crippen molar-refractivity contribution in [2.45, 2.75) is 6.92 Å². The molecular weight excluding hydrogens is 342 g/mol. The lowest BCUT2D eigenvalue weighted by Gasteiger charge is -2.06. The zero-order chi connectivity index (χ0) is 18.1. The van der Waals surface area contributed by atoms with Gasteiger partial charge in [0.25, 0.3) is 11.8 Å². The van der Waals surface area contributed by atoms with Crippen LogP contribution in [0.5, 0.6) is 5.75 Å². The number of para-hydroxylation sites is 1. The van der Waals surface area contributed by atoms with E-state index in [4.69, 9.17) is 16.3 Å². The first kappa shape index (κ1) is 18.5. The topological polar surface area (TPSA) is 79.8 Å². The van der Waals surface area contributed by atoms with Crippen LogP contribution in [-0.2, 0) is 4.79 Å². The average molecular weight is 360 g/mol. The van der Waals surface area contributed by atoms with Crippen molar-refractivity contribution in [2.24, 2.45) is 5.10 Å². The highest BCUT2D eigenvalue weighted by molar-refractivity contribution is 6.30. The Bertz CT molecular complexity index is 778. The van der Waals surface area contributed by atoms with Crippen LogP contribution in [0, 0.1) is 0 Å². The first-order chi connectivity index (χ1) is 12.1. The molecule has 0 aliphatic heterocycles. The van der Waals surface area contributed by atoms with Gasteiger partial charge in [-0.2, -0.15) is 5.10 Å². The summed E-state index contributed by atoms with van der Waals surface area (Å²) >= 11 is 5.82. The molecule has 2 rings (SSSR count). The fourth-order valence-electron chi connectivity index (χ4n) is 1.98. The molecule has 0 bridgehead atoms. The normalized spacial score (nSPS) is 10.5. The Balaban J connectivity index is 1.84. The summed E-state index contributed by atoms with van der Waals surface area (Å²) in [6, 6.07) is 13.8. The molecule has 6 nitrogen and oxygen atoms in total. The van der Waals surface area contributed by atoms with E-state index < -0.39 is 5.91 Å². The van der Waals surface area contributed by atoms with Gasteiger partial charge in [0.2, 0.25) is 0 Å². The highest BCUT2D eigenvalue weighted by Gasteiger charge is 2.08. The lowest BCUT2D eigenvalue weighted by atomic mass is 10.2. The van der Waals surface area contributed by atoms with Crippen molar-refractivity contribution >= 4 is 29.6 Å². The van der Waals surface area contributed by atoms with Crippen LogP contribution in [0.3, 0.4) is 0 Å². The smallest absolute Gasteiger partial charge is 0.259 e. The fraction of sp³-hybridized carbons (Fsp3) is 0.167. The van der Waals surface area contributed by atoms with Gasteiger partial charge in [0.05, 0.1) is 19.4 Å². The summed E-state index contributed by atoms with van der Waals surface area (Å²) in [6.07, 6.45) is 1.49. The number of benzene rings is 2.